The van der Waals surface area contributed by atoms with Crippen molar-refractivity contribution in [2.75, 3.05) is 16.4 Å². The Kier molecular flexibility index (Phi) is 6.47. The first-order valence-electron chi connectivity index (χ1n) is 12.6. The van der Waals surface area contributed by atoms with E-state index in [-0.39, 0.29) is 18.0 Å². The molecular formula is C27H28Cl2N4O4S. The molecule has 4 heterocycles. The Balaban J connectivity index is 1.51. The summed E-state index contributed by atoms with van der Waals surface area (Å²) in [6.45, 7) is 3.81. The number of nitrogens with zero attached hydrogens (tertiary/aromatic N) is 4. The van der Waals surface area contributed by atoms with Crippen LogP contribution in [0.25, 0.3) is 22.2 Å². The van der Waals surface area contributed by atoms with Gasteiger partial charge in [0.25, 0.3) is 0 Å². The van der Waals surface area contributed by atoms with Crippen LogP contribution in [0.3, 0.4) is 0 Å². The topological polar surface area (TPSA) is 105 Å². The average molecular weight is 576 g/mol. The van der Waals surface area contributed by atoms with E-state index in [1.807, 2.05) is 26.0 Å². The van der Waals surface area contributed by atoms with Gasteiger partial charge in [0.2, 0.25) is 5.91 Å². The number of rotatable bonds is 4. The Morgan fingerprint density at radius 2 is 1.74 bits per heavy atom. The molecule has 38 heavy (non-hydrogen) atoms. The smallest absolute Gasteiger partial charge is 0.227 e. The highest BCUT2D eigenvalue weighted by molar-refractivity contribution is 8.24. The molecule has 200 valence electrons. The fraction of sp³-hybridized carbons (Fsp3) is 0.370. The normalized spacial score (nSPS) is 20.9. The van der Waals surface area contributed by atoms with Crippen molar-refractivity contribution in [3.05, 3.63) is 63.7 Å². The SMILES string of the molecule is Cc1noc(C)c1-c1ccc2c(c1)nc(C1CCC(=O)N1c1cc(Cl)cc(Cl)c1)n2C1CCS(O)(O)CC1. The number of fused-ring (bicyclic) bond motifs is 1. The first kappa shape index (κ1) is 25.7. The van der Waals surface area contributed by atoms with Crippen molar-refractivity contribution < 1.29 is 18.4 Å². The van der Waals surface area contributed by atoms with Crippen molar-refractivity contribution in [1.29, 1.82) is 0 Å². The molecule has 0 saturated carbocycles. The minimum atomic E-state index is -2.55. The number of halogens is 2. The molecule has 11 heteroatoms. The van der Waals surface area contributed by atoms with E-state index in [2.05, 4.69) is 15.8 Å². The van der Waals surface area contributed by atoms with Crippen LogP contribution in [0.5, 0.6) is 0 Å². The number of carbonyl (C=O) groups is 1. The van der Waals surface area contributed by atoms with Gasteiger partial charge in [-0.3, -0.25) is 13.9 Å². The predicted molar refractivity (Wildman–Crippen MR) is 151 cm³/mol. The zero-order chi connectivity index (χ0) is 26.8. The third kappa shape index (κ3) is 4.50. The Morgan fingerprint density at radius 3 is 2.39 bits per heavy atom. The van der Waals surface area contributed by atoms with E-state index in [1.165, 1.54) is 0 Å². The van der Waals surface area contributed by atoms with E-state index in [0.29, 0.717) is 52.9 Å². The van der Waals surface area contributed by atoms with Gasteiger partial charge in [-0.05, 0) is 69.0 Å². The van der Waals surface area contributed by atoms with E-state index in [0.717, 1.165) is 39.4 Å². The lowest BCUT2D eigenvalue weighted by molar-refractivity contribution is -0.117. The van der Waals surface area contributed by atoms with Crippen molar-refractivity contribution >= 4 is 56.4 Å². The van der Waals surface area contributed by atoms with E-state index >= 15 is 0 Å². The van der Waals surface area contributed by atoms with Gasteiger partial charge < -0.3 is 14.0 Å². The largest absolute Gasteiger partial charge is 0.361 e. The molecule has 2 N–H and O–H groups in total. The quantitative estimate of drug-likeness (QED) is 0.260. The van der Waals surface area contributed by atoms with E-state index in [4.69, 9.17) is 32.7 Å². The number of carbonyl (C=O) groups excluding carboxylic acids is 1. The summed E-state index contributed by atoms with van der Waals surface area (Å²) in [5.41, 5.74) is 5.11. The molecule has 0 radical (unpaired) electrons. The molecule has 2 aliphatic heterocycles. The first-order chi connectivity index (χ1) is 18.1. The van der Waals surface area contributed by atoms with Gasteiger partial charge in [0.15, 0.2) is 0 Å². The first-order valence-corrected chi connectivity index (χ1v) is 15.2. The highest BCUT2D eigenvalue weighted by atomic mass is 35.5. The number of hydrogen-bond donors (Lipinski definition) is 2. The van der Waals surface area contributed by atoms with Gasteiger partial charge in [0.05, 0.1) is 22.8 Å². The number of anilines is 1. The summed E-state index contributed by atoms with van der Waals surface area (Å²) in [4.78, 5) is 20.1. The maximum Gasteiger partial charge on any atom is 0.227 e. The van der Waals surface area contributed by atoms with Gasteiger partial charge in [-0.15, -0.1) is 0 Å². The van der Waals surface area contributed by atoms with Crippen LogP contribution >= 0.6 is 33.8 Å². The van der Waals surface area contributed by atoms with Crippen molar-refractivity contribution in [3.63, 3.8) is 0 Å². The summed E-state index contributed by atoms with van der Waals surface area (Å²) in [5.74, 6) is 2.21. The summed E-state index contributed by atoms with van der Waals surface area (Å²) in [7, 11) is -2.55. The van der Waals surface area contributed by atoms with Crippen LogP contribution < -0.4 is 4.90 Å². The fourth-order valence-corrected chi connectivity index (χ4v) is 7.89. The van der Waals surface area contributed by atoms with Gasteiger partial charge in [0.1, 0.15) is 11.6 Å². The Hall–Kier alpha value is -2.56. The number of hydrogen-bond acceptors (Lipinski definition) is 6. The molecule has 2 saturated heterocycles. The molecule has 2 aromatic carbocycles. The van der Waals surface area contributed by atoms with Crippen molar-refractivity contribution in [2.24, 2.45) is 0 Å². The van der Waals surface area contributed by atoms with Gasteiger partial charge in [-0.1, -0.05) is 34.4 Å². The predicted octanol–water partition coefficient (Wildman–Crippen LogP) is 7.57. The molecule has 1 unspecified atom stereocenters. The second kappa shape index (κ2) is 9.57. The molecular weight excluding hydrogens is 547 g/mol. The molecule has 0 aliphatic carbocycles. The maximum absolute atomic E-state index is 13.2. The summed E-state index contributed by atoms with van der Waals surface area (Å²) in [5, 5.41) is 5.02. The number of benzene rings is 2. The van der Waals surface area contributed by atoms with E-state index < -0.39 is 10.6 Å². The lowest BCUT2D eigenvalue weighted by Gasteiger charge is -2.40. The number of imidazole rings is 1. The van der Waals surface area contributed by atoms with Gasteiger partial charge in [0, 0.05) is 45.3 Å². The number of amides is 1. The molecule has 8 nitrogen and oxygen atoms in total. The van der Waals surface area contributed by atoms with Crippen molar-refractivity contribution in [3.8, 4) is 11.1 Å². The van der Waals surface area contributed by atoms with Gasteiger partial charge in [-0.25, -0.2) is 4.98 Å². The Bertz CT molecular complexity index is 1520. The Morgan fingerprint density at radius 1 is 1.03 bits per heavy atom. The van der Waals surface area contributed by atoms with E-state index in [9.17, 15) is 13.9 Å². The molecule has 1 atom stereocenters. The minimum Gasteiger partial charge on any atom is -0.361 e. The standard InChI is InChI=1S/C27H28Cl2N4O4S/c1-15-26(16(2)37-31-15)17-3-4-23-22(11-17)30-27(33(23)20-7-9-38(35,36)10-8-20)24-5-6-25(34)32(24)21-13-18(28)12-19(29)14-21/h3-4,11-14,20,24,35-36H,5-10H2,1-2H3. The van der Waals surface area contributed by atoms with Crippen LogP contribution in [-0.4, -0.2) is 41.2 Å². The van der Waals surface area contributed by atoms with Gasteiger partial charge >= 0.3 is 0 Å². The lowest BCUT2D eigenvalue weighted by Crippen LogP contribution is -2.31. The Labute approximate surface area is 231 Å². The van der Waals surface area contributed by atoms with E-state index in [1.54, 1.807) is 23.1 Å². The van der Waals surface area contributed by atoms with Crippen LogP contribution in [0.1, 0.15) is 55.0 Å². The van der Waals surface area contributed by atoms with Crippen LogP contribution in [0, 0.1) is 13.8 Å². The number of aromatic nitrogens is 3. The van der Waals surface area contributed by atoms with Crippen LogP contribution in [0.2, 0.25) is 10.0 Å². The second-order valence-electron chi connectivity index (χ2n) is 10.1. The van der Waals surface area contributed by atoms with Crippen molar-refractivity contribution in [1.82, 2.24) is 14.7 Å². The zero-order valence-electron chi connectivity index (χ0n) is 21.0. The molecule has 1 amide bonds. The monoisotopic (exact) mass is 574 g/mol. The highest BCUT2D eigenvalue weighted by Crippen LogP contribution is 2.49. The molecule has 0 bridgehead atoms. The molecule has 4 aromatic rings. The number of aryl methyl sites for hydroxylation is 2. The minimum absolute atomic E-state index is 0.0128. The van der Waals surface area contributed by atoms with Crippen LogP contribution in [-0.2, 0) is 4.79 Å². The average Bonchev–Trinajstić information content (AvgIpc) is 3.52. The maximum atomic E-state index is 13.2. The summed E-state index contributed by atoms with van der Waals surface area (Å²) < 4.78 is 28.2. The highest BCUT2D eigenvalue weighted by Gasteiger charge is 2.39. The summed E-state index contributed by atoms with van der Waals surface area (Å²) in [6, 6.07) is 11.0. The molecule has 2 fully saturated rings. The van der Waals surface area contributed by atoms with Crippen LogP contribution in [0.15, 0.2) is 40.9 Å². The zero-order valence-corrected chi connectivity index (χ0v) is 23.4. The van der Waals surface area contributed by atoms with Crippen molar-refractivity contribution in [2.45, 2.75) is 51.6 Å². The van der Waals surface area contributed by atoms with Crippen LogP contribution in [0.4, 0.5) is 5.69 Å². The second-order valence-corrected chi connectivity index (χ2v) is 13.4. The fourth-order valence-electron chi connectivity index (χ4n) is 5.87. The third-order valence-corrected chi connectivity index (χ3v) is 9.81. The summed E-state index contributed by atoms with van der Waals surface area (Å²) >= 11 is 12.6. The lowest BCUT2D eigenvalue weighted by atomic mass is 10.0. The summed E-state index contributed by atoms with van der Waals surface area (Å²) in [6.07, 6.45) is 2.23. The van der Waals surface area contributed by atoms with Gasteiger partial charge in [-0.2, -0.15) is 10.6 Å². The molecule has 2 aliphatic rings. The molecule has 2 aromatic heterocycles. The third-order valence-electron chi connectivity index (χ3n) is 7.60. The molecule has 0 spiro atoms. The molecule has 6 rings (SSSR count).